The fourth-order valence-corrected chi connectivity index (χ4v) is 1.59. The van der Waals surface area contributed by atoms with Crippen molar-refractivity contribution in [2.75, 3.05) is 11.4 Å². The van der Waals surface area contributed by atoms with E-state index in [2.05, 4.69) is 9.97 Å². The van der Waals surface area contributed by atoms with Gasteiger partial charge in [-0.25, -0.2) is 9.97 Å². The highest BCUT2D eigenvalue weighted by molar-refractivity contribution is 5.67. The normalized spacial score (nSPS) is 10.6. The van der Waals surface area contributed by atoms with Crippen LogP contribution in [-0.2, 0) is 11.2 Å². The van der Waals surface area contributed by atoms with Gasteiger partial charge in [0.05, 0.1) is 6.42 Å². The van der Waals surface area contributed by atoms with Crippen LogP contribution in [0.2, 0.25) is 0 Å². The summed E-state index contributed by atoms with van der Waals surface area (Å²) in [4.78, 5) is 21.0. The molecule has 17 heavy (non-hydrogen) atoms. The predicted molar refractivity (Wildman–Crippen MR) is 66.1 cm³/mol. The molecule has 0 aliphatic heterocycles. The molecule has 0 saturated heterocycles. The molecule has 5 nitrogen and oxygen atoms in total. The quantitative estimate of drug-likeness (QED) is 0.816. The van der Waals surface area contributed by atoms with E-state index in [1.165, 1.54) is 6.33 Å². The molecule has 5 heteroatoms. The number of carboxylic acids is 1. The molecule has 0 spiro atoms. The van der Waals surface area contributed by atoms with Crippen LogP contribution >= 0.6 is 0 Å². The van der Waals surface area contributed by atoms with E-state index in [0.29, 0.717) is 6.54 Å². The maximum Gasteiger partial charge on any atom is 0.305 e. The topological polar surface area (TPSA) is 66.3 Å². The second kappa shape index (κ2) is 6.18. The average Bonchev–Trinajstić information content (AvgIpc) is 2.28. The average molecular weight is 237 g/mol. The van der Waals surface area contributed by atoms with Crippen LogP contribution in [-0.4, -0.2) is 33.6 Å². The molecule has 0 aliphatic rings. The van der Waals surface area contributed by atoms with Crippen LogP contribution in [0.1, 0.15) is 32.9 Å². The van der Waals surface area contributed by atoms with Crippen molar-refractivity contribution >= 4 is 11.8 Å². The second-order valence-electron chi connectivity index (χ2n) is 4.15. The number of aryl methyl sites for hydroxylation is 1. The summed E-state index contributed by atoms with van der Waals surface area (Å²) in [7, 11) is 0. The van der Waals surface area contributed by atoms with Gasteiger partial charge in [0.2, 0.25) is 0 Å². The van der Waals surface area contributed by atoms with Crippen molar-refractivity contribution in [2.45, 2.75) is 39.7 Å². The van der Waals surface area contributed by atoms with E-state index in [1.807, 2.05) is 31.7 Å². The molecular formula is C12H19N3O2. The molecule has 1 N–H and O–H groups in total. The number of rotatable bonds is 6. The maximum absolute atomic E-state index is 10.6. The summed E-state index contributed by atoms with van der Waals surface area (Å²) < 4.78 is 0. The lowest BCUT2D eigenvalue weighted by molar-refractivity contribution is -0.136. The van der Waals surface area contributed by atoms with Crippen molar-refractivity contribution in [2.24, 2.45) is 0 Å². The number of carbonyl (C=O) groups is 1. The number of aliphatic carboxylic acids is 1. The van der Waals surface area contributed by atoms with E-state index in [-0.39, 0.29) is 12.5 Å². The van der Waals surface area contributed by atoms with Crippen molar-refractivity contribution in [1.82, 2.24) is 9.97 Å². The zero-order chi connectivity index (χ0) is 12.8. The molecule has 1 aromatic rings. The minimum atomic E-state index is -0.791. The molecule has 0 aromatic carbocycles. The van der Waals surface area contributed by atoms with Gasteiger partial charge in [-0.05, 0) is 20.3 Å². The number of carboxylic acid groups (broad SMARTS) is 1. The molecule has 0 saturated carbocycles. The molecule has 0 atom stereocenters. The number of nitrogens with zero attached hydrogens (tertiary/aromatic N) is 3. The van der Waals surface area contributed by atoms with Crippen LogP contribution in [0.25, 0.3) is 0 Å². The van der Waals surface area contributed by atoms with E-state index in [9.17, 15) is 4.79 Å². The Morgan fingerprint density at radius 2 is 2.18 bits per heavy atom. The fraction of sp³-hybridized carbons (Fsp3) is 0.583. The zero-order valence-electron chi connectivity index (χ0n) is 10.6. The lowest BCUT2D eigenvalue weighted by Crippen LogP contribution is -2.33. The van der Waals surface area contributed by atoms with Crippen molar-refractivity contribution in [3.05, 3.63) is 18.1 Å². The van der Waals surface area contributed by atoms with Gasteiger partial charge < -0.3 is 10.0 Å². The highest BCUT2D eigenvalue weighted by Gasteiger charge is 2.13. The van der Waals surface area contributed by atoms with Crippen molar-refractivity contribution < 1.29 is 9.90 Å². The Bertz CT molecular complexity index is 380. The molecule has 1 rings (SSSR count). The molecule has 0 fully saturated rings. The molecule has 0 amide bonds. The van der Waals surface area contributed by atoms with E-state index >= 15 is 0 Å². The Morgan fingerprint density at radius 1 is 1.47 bits per heavy atom. The lowest BCUT2D eigenvalue weighted by Gasteiger charge is -2.27. The number of aromatic nitrogens is 2. The van der Waals surface area contributed by atoms with Gasteiger partial charge in [0, 0.05) is 24.3 Å². The van der Waals surface area contributed by atoms with Crippen LogP contribution < -0.4 is 4.90 Å². The van der Waals surface area contributed by atoms with Crippen LogP contribution in [0.5, 0.6) is 0 Å². The Morgan fingerprint density at radius 3 is 2.71 bits per heavy atom. The Kier molecular flexibility index (Phi) is 4.87. The molecule has 0 unspecified atom stereocenters. The number of hydrogen-bond acceptors (Lipinski definition) is 4. The molecule has 94 valence electrons. The Labute approximate surface area is 102 Å². The molecule has 0 aliphatic carbocycles. The highest BCUT2D eigenvalue weighted by Crippen LogP contribution is 2.15. The minimum Gasteiger partial charge on any atom is -0.481 e. The van der Waals surface area contributed by atoms with Gasteiger partial charge in [0.15, 0.2) is 0 Å². The first kappa shape index (κ1) is 13.4. The summed E-state index contributed by atoms with van der Waals surface area (Å²) in [6, 6.07) is 2.14. The predicted octanol–water partition coefficient (Wildman–Crippen LogP) is 1.73. The van der Waals surface area contributed by atoms with E-state index in [4.69, 9.17) is 5.11 Å². The number of anilines is 1. The van der Waals surface area contributed by atoms with Crippen molar-refractivity contribution in [3.63, 3.8) is 0 Å². The SMILES string of the molecule is CCc1cc(N(CCC(=O)O)C(C)C)ncn1. The maximum atomic E-state index is 10.6. The van der Waals surface area contributed by atoms with Gasteiger partial charge in [-0.15, -0.1) is 0 Å². The van der Waals surface area contributed by atoms with Crippen molar-refractivity contribution in [1.29, 1.82) is 0 Å². The van der Waals surface area contributed by atoms with E-state index < -0.39 is 5.97 Å². The van der Waals surface area contributed by atoms with Crippen LogP contribution in [0.4, 0.5) is 5.82 Å². The van der Waals surface area contributed by atoms with Crippen LogP contribution in [0.3, 0.4) is 0 Å². The van der Waals surface area contributed by atoms with E-state index in [1.54, 1.807) is 0 Å². The third-order valence-corrected chi connectivity index (χ3v) is 2.56. The summed E-state index contributed by atoms with van der Waals surface area (Å²) in [5.41, 5.74) is 0.968. The molecule has 0 radical (unpaired) electrons. The molecule has 0 bridgehead atoms. The van der Waals surface area contributed by atoms with Gasteiger partial charge in [-0.3, -0.25) is 4.79 Å². The van der Waals surface area contributed by atoms with Gasteiger partial charge in [-0.1, -0.05) is 6.92 Å². The summed E-state index contributed by atoms with van der Waals surface area (Å²) in [6.45, 7) is 6.54. The van der Waals surface area contributed by atoms with Gasteiger partial charge in [-0.2, -0.15) is 0 Å². The minimum absolute atomic E-state index is 0.115. The zero-order valence-corrected chi connectivity index (χ0v) is 10.6. The molecule has 1 aromatic heterocycles. The summed E-state index contributed by atoms with van der Waals surface area (Å²) >= 11 is 0. The summed E-state index contributed by atoms with van der Waals surface area (Å²) in [6.07, 6.45) is 2.49. The van der Waals surface area contributed by atoms with Gasteiger partial charge in [0.1, 0.15) is 12.1 Å². The first-order chi connectivity index (χ1) is 8.04. The Hall–Kier alpha value is -1.65. The van der Waals surface area contributed by atoms with Gasteiger partial charge in [0.25, 0.3) is 0 Å². The lowest BCUT2D eigenvalue weighted by atomic mass is 10.2. The monoisotopic (exact) mass is 237 g/mol. The molecular weight excluding hydrogens is 218 g/mol. The summed E-state index contributed by atoms with van der Waals surface area (Å²) in [5.74, 6) is 0.00789. The van der Waals surface area contributed by atoms with Gasteiger partial charge >= 0.3 is 5.97 Å². The Balaban J connectivity index is 2.84. The van der Waals surface area contributed by atoms with Crippen molar-refractivity contribution in [3.8, 4) is 0 Å². The highest BCUT2D eigenvalue weighted by atomic mass is 16.4. The smallest absolute Gasteiger partial charge is 0.305 e. The van der Waals surface area contributed by atoms with E-state index in [0.717, 1.165) is 17.9 Å². The second-order valence-corrected chi connectivity index (χ2v) is 4.15. The fourth-order valence-electron chi connectivity index (χ4n) is 1.59. The molecule has 1 heterocycles. The standard InChI is InChI=1S/C12H19N3O2/c1-4-10-7-11(14-8-13-10)15(9(2)3)6-5-12(16)17/h7-9H,4-6H2,1-3H3,(H,16,17). The summed E-state index contributed by atoms with van der Waals surface area (Å²) in [5, 5.41) is 8.73. The first-order valence-electron chi connectivity index (χ1n) is 5.84. The first-order valence-corrected chi connectivity index (χ1v) is 5.84. The number of hydrogen-bond donors (Lipinski definition) is 1. The third kappa shape index (κ3) is 4.01. The van der Waals surface area contributed by atoms with Crippen LogP contribution in [0.15, 0.2) is 12.4 Å². The van der Waals surface area contributed by atoms with Crippen LogP contribution in [0, 0.1) is 0 Å². The third-order valence-electron chi connectivity index (χ3n) is 2.56. The largest absolute Gasteiger partial charge is 0.481 e.